The summed E-state index contributed by atoms with van der Waals surface area (Å²) in [6, 6.07) is 0. The quantitative estimate of drug-likeness (QED) is 0.476. The predicted molar refractivity (Wildman–Crippen MR) is 151 cm³/mol. The number of fused-ring (bicyclic) bond motifs is 2. The van der Waals surface area contributed by atoms with E-state index in [4.69, 9.17) is 14.2 Å². The van der Waals surface area contributed by atoms with Gasteiger partial charge in [-0.05, 0) is 73.5 Å². The Morgan fingerprint density at radius 2 is 1.80 bits per heavy atom. The Kier molecular flexibility index (Phi) is 5.70. The summed E-state index contributed by atoms with van der Waals surface area (Å²) in [4.78, 5) is 28.7. The van der Waals surface area contributed by atoms with Crippen LogP contribution in [0.1, 0.15) is 82.8 Å². The van der Waals surface area contributed by atoms with Gasteiger partial charge in [-0.1, -0.05) is 29.4 Å². The number of carbonyl (C=O) groups is 2. The van der Waals surface area contributed by atoms with Crippen molar-refractivity contribution in [3.05, 3.63) is 57.7 Å². The van der Waals surface area contributed by atoms with Crippen LogP contribution in [0.4, 0.5) is 0 Å². The predicted octanol–water partition coefficient (Wildman–Crippen LogP) is 5.42. The maximum absolute atomic E-state index is 14.5. The number of aromatic hydroxyl groups is 1. The SMILES string of the molecule is CC(C)=CCc1c2c(c(O)c3c1O[C@@]14C(=C[C@H]5CC1C(C)(C)O[C@]4(C/C=C(\C)CO)C5=O)C3=O)C=CC(C)(C)O2. The van der Waals surface area contributed by atoms with E-state index in [-0.39, 0.29) is 47.6 Å². The van der Waals surface area contributed by atoms with Crippen molar-refractivity contribution in [2.45, 2.75) is 90.1 Å². The second kappa shape index (κ2) is 8.43. The molecule has 1 saturated carbocycles. The molecule has 6 aliphatic rings. The van der Waals surface area contributed by atoms with Gasteiger partial charge in [-0.2, -0.15) is 0 Å². The summed E-state index contributed by atoms with van der Waals surface area (Å²) in [7, 11) is 0. The molecule has 3 aliphatic heterocycles. The van der Waals surface area contributed by atoms with Crippen LogP contribution in [-0.4, -0.2) is 50.8 Å². The van der Waals surface area contributed by atoms with E-state index >= 15 is 0 Å². The number of Topliss-reactive ketones (excluding diaryl/α,β-unsaturated/α-hetero) is 2. The van der Waals surface area contributed by atoms with E-state index in [9.17, 15) is 19.8 Å². The molecule has 7 rings (SSSR count). The first kappa shape index (κ1) is 27.0. The molecule has 0 radical (unpaired) electrons. The second-order valence-electron chi connectivity index (χ2n) is 13.2. The fourth-order valence-corrected chi connectivity index (χ4v) is 7.44. The van der Waals surface area contributed by atoms with Crippen LogP contribution < -0.4 is 9.47 Å². The third-order valence-electron chi connectivity index (χ3n) is 9.32. The van der Waals surface area contributed by atoms with Gasteiger partial charge in [-0.15, -0.1) is 0 Å². The first-order chi connectivity index (χ1) is 18.7. The first-order valence-electron chi connectivity index (χ1n) is 14.1. The molecular formula is C33H38O7. The van der Waals surface area contributed by atoms with E-state index in [1.807, 2.05) is 65.8 Å². The number of allylic oxidation sites excluding steroid dienone is 3. The Hall–Kier alpha value is -3.16. The maximum Gasteiger partial charge on any atom is 0.200 e. The fraction of sp³-hybridized carbons (Fsp3) is 0.515. The zero-order valence-electron chi connectivity index (χ0n) is 24.3. The smallest absolute Gasteiger partial charge is 0.200 e. The van der Waals surface area contributed by atoms with Crippen molar-refractivity contribution in [3.8, 4) is 17.2 Å². The van der Waals surface area contributed by atoms with E-state index in [1.54, 1.807) is 13.0 Å². The van der Waals surface area contributed by atoms with Gasteiger partial charge in [-0.25, -0.2) is 0 Å². The number of aliphatic hydroxyl groups is 1. The van der Waals surface area contributed by atoms with E-state index in [0.717, 1.165) is 5.57 Å². The van der Waals surface area contributed by atoms with Crippen LogP contribution in [-0.2, 0) is 16.0 Å². The second-order valence-corrected chi connectivity index (χ2v) is 13.2. The van der Waals surface area contributed by atoms with Crippen molar-refractivity contribution >= 4 is 17.6 Å². The number of ketones is 2. The number of carbonyl (C=O) groups excluding carboxylic acids is 2. The standard InChI is InChI=1S/C33H38O7/c1-17(2)8-9-21-27-20(11-12-30(4,5)38-27)25(35)24-26(36)22-14-19-15-23-31(6,7)40-32(29(19)37,13-10-18(3)16-34)33(22,23)39-28(21)24/h8,10-12,14,19,23,34-35H,9,13,15-16H2,1-7H3/b18-10+/t19-,23?,32+,33-/m0/s1. The summed E-state index contributed by atoms with van der Waals surface area (Å²) in [5.74, 6) is -0.661. The van der Waals surface area contributed by atoms with Crippen LogP contribution in [0, 0.1) is 11.8 Å². The minimum absolute atomic E-state index is 0.107. The molecule has 1 spiro atoms. The molecule has 1 saturated heterocycles. The summed E-state index contributed by atoms with van der Waals surface area (Å²) in [6.07, 6.45) is 10.4. The number of hydrogen-bond acceptors (Lipinski definition) is 7. The van der Waals surface area contributed by atoms with Gasteiger partial charge >= 0.3 is 0 Å². The zero-order chi connectivity index (χ0) is 29.0. The highest BCUT2D eigenvalue weighted by Gasteiger charge is 2.81. The van der Waals surface area contributed by atoms with Crippen molar-refractivity contribution in [1.29, 1.82) is 0 Å². The molecule has 4 atom stereocenters. The molecule has 0 aromatic heterocycles. The summed E-state index contributed by atoms with van der Waals surface area (Å²) in [5.41, 5.74) is -0.823. The summed E-state index contributed by atoms with van der Waals surface area (Å²) in [5, 5.41) is 21.3. The van der Waals surface area contributed by atoms with Crippen LogP contribution >= 0.6 is 0 Å². The number of phenolic OH excluding ortho intramolecular Hbond substituents is 1. The highest BCUT2D eigenvalue weighted by molar-refractivity contribution is 6.19. The molecule has 7 heteroatoms. The highest BCUT2D eigenvalue weighted by Crippen LogP contribution is 2.68. The molecule has 40 heavy (non-hydrogen) atoms. The van der Waals surface area contributed by atoms with Crippen molar-refractivity contribution in [2.75, 3.05) is 6.61 Å². The number of aliphatic hydroxyl groups excluding tert-OH is 1. The minimum Gasteiger partial charge on any atom is -0.506 e. The molecule has 7 nitrogen and oxygen atoms in total. The summed E-state index contributed by atoms with van der Waals surface area (Å²) < 4.78 is 20.2. The van der Waals surface area contributed by atoms with E-state index in [1.165, 1.54) is 0 Å². The number of hydrogen-bond donors (Lipinski definition) is 2. The maximum atomic E-state index is 14.5. The van der Waals surface area contributed by atoms with Crippen molar-refractivity contribution in [2.24, 2.45) is 11.8 Å². The normalized spacial score (nSPS) is 32.0. The third-order valence-corrected chi connectivity index (χ3v) is 9.32. The Morgan fingerprint density at radius 3 is 2.48 bits per heavy atom. The van der Waals surface area contributed by atoms with Gasteiger partial charge in [0.05, 0.1) is 17.8 Å². The average molecular weight is 547 g/mol. The molecule has 212 valence electrons. The van der Waals surface area contributed by atoms with Gasteiger partial charge in [0.15, 0.2) is 22.8 Å². The number of ether oxygens (including phenoxy) is 3. The van der Waals surface area contributed by atoms with Crippen LogP contribution in [0.25, 0.3) is 6.08 Å². The molecule has 2 fully saturated rings. The largest absolute Gasteiger partial charge is 0.506 e. The molecule has 3 aliphatic carbocycles. The Balaban J connectivity index is 1.66. The lowest BCUT2D eigenvalue weighted by Gasteiger charge is -2.56. The monoisotopic (exact) mass is 546 g/mol. The van der Waals surface area contributed by atoms with Gasteiger partial charge in [-0.3, -0.25) is 9.59 Å². The molecule has 2 N–H and O–H groups in total. The number of phenols is 1. The molecule has 4 bridgehead atoms. The van der Waals surface area contributed by atoms with Gasteiger partial charge in [0.25, 0.3) is 0 Å². The Morgan fingerprint density at radius 1 is 1.07 bits per heavy atom. The van der Waals surface area contributed by atoms with E-state index in [0.29, 0.717) is 40.9 Å². The topological polar surface area (TPSA) is 102 Å². The fourth-order valence-electron chi connectivity index (χ4n) is 7.44. The highest BCUT2D eigenvalue weighted by atomic mass is 16.6. The Bertz CT molecular complexity index is 1480. The summed E-state index contributed by atoms with van der Waals surface area (Å²) >= 11 is 0. The average Bonchev–Trinajstić information content (AvgIpc) is 3.03. The lowest BCUT2D eigenvalue weighted by atomic mass is 9.51. The minimum atomic E-state index is -1.45. The van der Waals surface area contributed by atoms with Crippen LogP contribution in [0.2, 0.25) is 0 Å². The van der Waals surface area contributed by atoms with Crippen LogP contribution in [0.3, 0.4) is 0 Å². The van der Waals surface area contributed by atoms with Gasteiger partial charge < -0.3 is 24.4 Å². The molecule has 1 unspecified atom stereocenters. The Labute approximate surface area is 235 Å². The van der Waals surface area contributed by atoms with Crippen LogP contribution in [0.5, 0.6) is 17.2 Å². The number of rotatable bonds is 5. The summed E-state index contributed by atoms with van der Waals surface area (Å²) in [6.45, 7) is 13.4. The molecule has 1 aromatic rings. The first-order valence-corrected chi connectivity index (χ1v) is 14.1. The van der Waals surface area contributed by atoms with Gasteiger partial charge in [0.1, 0.15) is 28.4 Å². The van der Waals surface area contributed by atoms with E-state index in [2.05, 4.69) is 0 Å². The zero-order valence-corrected chi connectivity index (χ0v) is 24.3. The lowest BCUT2D eigenvalue weighted by molar-refractivity contribution is -0.171. The third kappa shape index (κ3) is 3.37. The number of benzene rings is 1. The van der Waals surface area contributed by atoms with Gasteiger partial charge in [0.2, 0.25) is 0 Å². The molecule has 1 aromatic carbocycles. The van der Waals surface area contributed by atoms with Crippen molar-refractivity contribution in [3.63, 3.8) is 0 Å². The molecular weight excluding hydrogens is 508 g/mol. The molecule has 0 amide bonds. The van der Waals surface area contributed by atoms with E-state index < -0.39 is 28.3 Å². The van der Waals surface area contributed by atoms with Crippen LogP contribution in [0.15, 0.2) is 41.0 Å². The molecule has 3 heterocycles. The van der Waals surface area contributed by atoms with Crippen molar-refractivity contribution < 1.29 is 34.0 Å². The van der Waals surface area contributed by atoms with Gasteiger partial charge in [0, 0.05) is 29.4 Å². The van der Waals surface area contributed by atoms with Crippen molar-refractivity contribution in [1.82, 2.24) is 0 Å². The lowest BCUT2D eigenvalue weighted by Crippen LogP contribution is -2.72.